The van der Waals surface area contributed by atoms with Crippen molar-refractivity contribution in [3.63, 3.8) is 0 Å². The largest absolute Gasteiger partial charge is 0.396 e. The van der Waals surface area contributed by atoms with Gasteiger partial charge in [0.25, 0.3) is 0 Å². The summed E-state index contributed by atoms with van der Waals surface area (Å²) in [6, 6.07) is 0. The van der Waals surface area contributed by atoms with E-state index in [0.717, 1.165) is 0 Å². The van der Waals surface area contributed by atoms with Crippen molar-refractivity contribution in [3.8, 4) is 0 Å². The lowest BCUT2D eigenvalue weighted by molar-refractivity contribution is -0.0516. The molecule has 1 atom stereocenters. The molecular formula is C9H20O2. The summed E-state index contributed by atoms with van der Waals surface area (Å²) in [7, 11) is 0. The summed E-state index contributed by atoms with van der Waals surface area (Å²) in [5.41, 5.74) is -0.780. The molecule has 1 unspecified atom stereocenters. The van der Waals surface area contributed by atoms with Gasteiger partial charge in [-0.2, -0.15) is 0 Å². The van der Waals surface area contributed by atoms with Gasteiger partial charge in [0.15, 0.2) is 0 Å². The second-order valence-corrected chi connectivity index (χ2v) is 4.35. The third-order valence-electron chi connectivity index (χ3n) is 2.44. The van der Waals surface area contributed by atoms with Crippen molar-refractivity contribution in [2.75, 3.05) is 6.61 Å². The Balaban J connectivity index is 4.00. The second-order valence-electron chi connectivity index (χ2n) is 4.35. The number of aliphatic hydroxyl groups excluding tert-OH is 1. The van der Waals surface area contributed by atoms with Crippen molar-refractivity contribution in [2.24, 2.45) is 5.41 Å². The van der Waals surface area contributed by atoms with Gasteiger partial charge in [-0.3, -0.25) is 0 Å². The number of aliphatic hydroxyl groups is 2. The first-order valence-electron chi connectivity index (χ1n) is 4.14. The van der Waals surface area contributed by atoms with E-state index in [1.165, 1.54) is 0 Å². The van der Waals surface area contributed by atoms with E-state index in [2.05, 4.69) is 0 Å². The molecule has 0 bridgehead atoms. The molecule has 0 aliphatic rings. The Hall–Kier alpha value is -0.0800. The molecule has 0 aliphatic heterocycles. The lowest BCUT2D eigenvalue weighted by Crippen LogP contribution is -2.39. The quantitative estimate of drug-likeness (QED) is 0.657. The summed E-state index contributed by atoms with van der Waals surface area (Å²) >= 11 is 0. The van der Waals surface area contributed by atoms with E-state index in [1.807, 2.05) is 27.7 Å². The summed E-state index contributed by atoms with van der Waals surface area (Å²) in [5, 5.41) is 18.5. The summed E-state index contributed by atoms with van der Waals surface area (Å²) in [5.74, 6) is 0. The third-order valence-corrected chi connectivity index (χ3v) is 2.44. The minimum atomic E-state index is -0.671. The van der Waals surface area contributed by atoms with E-state index in [1.54, 1.807) is 0 Å². The van der Waals surface area contributed by atoms with E-state index in [0.29, 0.717) is 12.8 Å². The molecule has 0 fully saturated rings. The summed E-state index contributed by atoms with van der Waals surface area (Å²) in [6.45, 7) is 7.99. The van der Waals surface area contributed by atoms with Gasteiger partial charge in [0.1, 0.15) is 0 Å². The Morgan fingerprint density at radius 1 is 1.09 bits per heavy atom. The van der Waals surface area contributed by atoms with Crippen LogP contribution in [0.15, 0.2) is 0 Å². The number of rotatable bonds is 3. The SMILES string of the molecule is CC(C)(C)C(C)(O)CCCO. The highest BCUT2D eigenvalue weighted by Gasteiger charge is 2.34. The standard InChI is InChI=1S/C9H20O2/c1-8(2,3)9(4,11)6-5-7-10/h10-11H,5-7H2,1-4H3. The Labute approximate surface area is 69.2 Å². The summed E-state index contributed by atoms with van der Waals surface area (Å²) < 4.78 is 0. The molecule has 0 radical (unpaired) electrons. The number of hydrogen-bond donors (Lipinski definition) is 2. The van der Waals surface area contributed by atoms with Crippen molar-refractivity contribution in [1.82, 2.24) is 0 Å². The van der Waals surface area contributed by atoms with Gasteiger partial charge in [-0.15, -0.1) is 0 Å². The van der Waals surface area contributed by atoms with Crippen molar-refractivity contribution >= 4 is 0 Å². The van der Waals surface area contributed by atoms with Crippen LogP contribution in [0.5, 0.6) is 0 Å². The van der Waals surface area contributed by atoms with Crippen molar-refractivity contribution < 1.29 is 10.2 Å². The fraction of sp³-hybridized carbons (Fsp3) is 1.00. The molecule has 0 aromatic carbocycles. The molecule has 0 aliphatic carbocycles. The zero-order chi connectivity index (χ0) is 9.12. The van der Waals surface area contributed by atoms with Crippen LogP contribution in [0.3, 0.4) is 0 Å². The second kappa shape index (κ2) is 3.55. The van der Waals surface area contributed by atoms with E-state index < -0.39 is 5.60 Å². The van der Waals surface area contributed by atoms with Gasteiger partial charge < -0.3 is 10.2 Å². The average molecular weight is 160 g/mol. The molecule has 0 amide bonds. The Bertz CT molecular complexity index is 111. The molecule has 0 aromatic heterocycles. The van der Waals surface area contributed by atoms with Crippen LogP contribution in [0, 0.1) is 5.41 Å². The number of hydrogen-bond acceptors (Lipinski definition) is 2. The van der Waals surface area contributed by atoms with Crippen LogP contribution >= 0.6 is 0 Å². The van der Waals surface area contributed by atoms with Gasteiger partial charge in [0.2, 0.25) is 0 Å². The molecule has 0 aromatic rings. The molecule has 0 saturated carbocycles. The zero-order valence-corrected chi connectivity index (χ0v) is 8.02. The van der Waals surface area contributed by atoms with Crippen LogP contribution in [0.4, 0.5) is 0 Å². The third kappa shape index (κ3) is 3.21. The van der Waals surface area contributed by atoms with Crippen LogP contribution in [0.1, 0.15) is 40.5 Å². The van der Waals surface area contributed by atoms with Crippen LogP contribution in [-0.4, -0.2) is 22.4 Å². The fourth-order valence-electron chi connectivity index (χ4n) is 0.798. The van der Waals surface area contributed by atoms with Crippen molar-refractivity contribution in [1.29, 1.82) is 0 Å². The Morgan fingerprint density at radius 3 is 1.82 bits per heavy atom. The van der Waals surface area contributed by atoms with Gasteiger partial charge in [-0.05, 0) is 25.2 Å². The molecule has 2 nitrogen and oxygen atoms in total. The van der Waals surface area contributed by atoms with Crippen LogP contribution in [0.25, 0.3) is 0 Å². The first kappa shape index (κ1) is 10.9. The molecule has 0 heterocycles. The molecule has 2 N–H and O–H groups in total. The summed E-state index contributed by atoms with van der Waals surface area (Å²) in [4.78, 5) is 0. The fourth-order valence-corrected chi connectivity index (χ4v) is 0.798. The van der Waals surface area contributed by atoms with Crippen LogP contribution < -0.4 is 0 Å². The van der Waals surface area contributed by atoms with Crippen molar-refractivity contribution in [2.45, 2.75) is 46.1 Å². The van der Waals surface area contributed by atoms with E-state index >= 15 is 0 Å². The van der Waals surface area contributed by atoms with E-state index in [-0.39, 0.29) is 12.0 Å². The molecule has 0 spiro atoms. The lowest BCUT2D eigenvalue weighted by Gasteiger charge is -2.37. The van der Waals surface area contributed by atoms with E-state index in [9.17, 15) is 5.11 Å². The molecule has 68 valence electrons. The highest BCUT2D eigenvalue weighted by Crippen LogP contribution is 2.33. The Kier molecular flexibility index (Phi) is 3.52. The van der Waals surface area contributed by atoms with Gasteiger partial charge in [0, 0.05) is 6.61 Å². The Morgan fingerprint density at radius 2 is 1.55 bits per heavy atom. The zero-order valence-electron chi connectivity index (χ0n) is 8.02. The highest BCUT2D eigenvalue weighted by molar-refractivity contribution is 4.85. The molecule has 0 rings (SSSR count). The van der Waals surface area contributed by atoms with Crippen LogP contribution in [0.2, 0.25) is 0 Å². The minimum absolute atomic E-state index is 0.109. The van der Waals surface area contributed by atoms with E-state index in [4.69, 9.17) is 5.11 Å². The first-order chi connectivity index (χ1) is 4.81. The smallest absolute Gasteiger partial charge is 0.0668 e. The maximum Gasteiger partial charge on any atom is 0.0668 e. The molecule has 0 saturated heterocycles. The molecule has 2 heteroatoms. The van der Waals surface area contributed by atoms with Gasteiger partial charge >= 0.3 is 0 Å². The predicted octanol–water partition coefficient (Wildman–Crippen LogP) is 1.56. The topological polar surface area (TPSA) is 40.5 Å². The average Bonchev–Trinajstić information content (AvgIpc) is 1.81. The monoisotopic (exact) mass is 160 g/mol. The van der Waals surface area contributed by atoms with Crippen molar-refractivity contribution in [3.05, 3.63) is 0 Å². The summed E-state index contributed by atoms with van der Waals surface area (Å²) in [6.07, 6.45) is 1.33. The van der Waals surface area contributed by atoms with Crippen LogP contribution in [-0.2, 0) is 0 Å². The lowest BCUT2D eigenvalue weighted by atomic mass is 9.75. The van der Waals surface area contributed by atoms with Gasteiger partial charge in [-0.25, -0.2) is 0 Å². The normalized spacial score (nSPS) is 18.0. The van der Waals surface area contributed by atoms with Gasteiger partial charge in [0.05, 0.1) is 5.60 Å². The molecule has 11 heavy (non-hydrogen) atoms. The predicted molar refractivity (Wildman–Crippen MR) is 46.4 cm³/mol. The maximum atomic E-state index is 9.87. The highest BCUT2D eigenvalue weighted by atomic mass is 16.3. The molecular weight excluding hydrogens is 140 g/mol. The van der Waals surface area contributed by atoms with Gasteiger partial charge in [-0.1, -0.05) is 20.8 Å². The first-order valence-corrected chi connectivity index (χ1v) is 4.14. The maximum absolute atomic E-state index is 9.87. The minimum Gasteiger partial charge on any atom is -0.396 e.